The van der Waals surface area contributed by atoms with Crippen LogP contribution in [-0.4, -0.2) is 29.9 Å². The quantitative estimate of drug-likeness (QED) is 0.810. The van der Waals surface area contributed by atoms with E-state index in [4.69, 9.17) is 4.74 Å². The van der Waals surface area contributed by atoms with Crippen molar-refractivity contribution in [2.45, 2.75) is 38.7 Å². The highest BCUT2D eigenvalue weighted by molar-refractivity contribution is 5.89. The molecule has 1 saturated carbocycles. The molecule has 0 heterocycles. The van der Waals surface area contributed by atoms with Crippen LogP contribution < -0.4 is 5.32 Å². The summed E-state index contributed by atoms with van der Waals surface area (Å²) < 4.78 is 29.8. The minimum absolute atomic E-state index is 0.408. The second kappa shape index (κ2) is 3.99. The lowest BCUT2D eigenvalue weighted by Crippen LogP contribution is -2.36. The predicted molar refractivity (Wildman–Crippen MR) is 52.3 cm³/mol. The zero-order valence-electron chi connectivity index (χ0n) is 9.47. The van der Waals surface area contributed by atoms with Crippen LogP contribution >= 0.6 is 0 Å². The van der Waals surface area contributed by atoms with Gasteiger partial charge in [0.15, 0.2) is 5.78 Å². The summed E-state index contributed by atoms with van der Waals surface area (Å²) in [4.78, 5) is 22.2. The number of hydrogen-bond donors (Lipinski definition) is 1. The Hall–Kier alpha value is -1.20. The Morgan fingerprint density at radius 3 is 2.31 bits per heavy atom. The molecule has 0 spiro atoms. The van der Waals surface area contributed by atoms with Gasteiger partial charge in [0.05, 0.1) is 12.5 Å². The Morgan fingerprint density at radius 1 is 1.44 bits per heavy atom. The molecule has 0 aliphatic heterocycles. The number of hydrogen-bond acceptors (Lipinski definition) is 3. The smallest absolute Gasteiger partial charge is 0.408 e. The molecule has 1 aliphatic rings. The van der Waals surface area contributed by atoms with Crippen molar-refractivity contribution in [1.29, 1.82) is 0 Å². The maximum absolute atomic E-state index is 12.5. The van der Waals surface area contributed by atoms with Crippen molar-refractivity contribution in [2.24, 2.45) is 5.92 Å². The maximum atomic E-state index is 12.5. The van der Waals surface area contributed by atoms with E-state index in [-0.39, 0.29) is 0 Å². The van der Waals surface area contributed by atoms with E-state index in [1.54, 1.807) is 20.8 Å². The first-order chi connectivity index (χ1) is 7.12. The van der Waals surface area contributed by atoms with Crippen LogP contribution in [0.5, 0.6) is 0 Å². The van der Waals surface area contributed by atoms with Gasteiger partial charge in [-0.1, -0.05) is 0 Å². The van der Waals surface area contributed by atoms with Crippen molar-refractivity contribution in [2.75, 3.05) is 6.54 Å². The molecule has 1 N–H and O–H groups in total. The number of amides is 1. The topological polar surface area (TPSA) is 55.4 Å². The number of alkyl carbamates (subject to hydrolysis) is 1. The Labute approximate surface area is 92.3 Å². The zero-order valence-corrected chi connectivity index (χ0v) is 9.47. The Morgan fingerprint density at radius 2 is 1.94 bits per heavy atom. The molecular weight excluding hydrogens is 220 g/mol. The van der Waals surface area contributed by atoms with Gasteiger partial charge in [-0.05, 0) is 20.8 Å². The number of halogens is 2. The van der Waals surface area contributed by atoms with E-state index < -0.39 is 42.3 Å². The van der Waals surface area contributed by atoms with Gasteiger partial charge >= 0.3 is 6.09 Å². The van der Waals surface area contributed by atoms with Crippen LogP contribution in [0.1, 0.15) is 27.2 Å². The summed E-state index contributed by atoms with van der Waals surface area (Å²) in [5.74, 6) is -4.77. The monoisotopic (exact) mass is 235 g/mol. The molecule has 92 valence electrons. The molecule has 1 unspecified atom stereocenters. The van der Waals surface area contributed by atoms with Crippen molar-refractivity contribution in [1.82, 2.24) is 5.32 Å². The van der Waals surface area contributed by atoms with Crippen LogP contribution in [0.3, 0.4) is 0 Å². The minimum atomic E-state index is -2.88. The lowest BCUT2D eigenvalue weighted by atomic mass is 10.2. The zero-order chi connectivity index (χ0) is 12.6. The molecule has 4 nitrogen and oxygen atoms in total. The fraction of sp³-hybridized carbons (Fsp3) is 0.800. The molecular formula is C10H15F2NO3. The van der Waals surface area contributed by atoms with Crippen molar-refractivity contribution < 1.29 is 23.1 Å². The third-order valence-electron chi connectivity index (χ3n) is 2.02. The lowest BCUT2D eigenvalue weighted by Gasteiger charge is -2.19. The second-order valence-electron chi connectivity index (χ2n) is 4.84. The number of rotatable bonds is 3. The Kier molecular flexibility index (Phi) is 3.21. The van der Waals surface area contributed by atoms with Gasteiger partial charge in [0.2, 0.25) is 0 Å². The van der Waals surface area contributed by atoms with Crippen molar-refractivity contribution in [3.05, 3.63) is 0 Å². The second-order valence-corrected chi connectivity index (χ2v) is 4.84. The number of ketones is 1. The molecule has 6 heteroatoms. The van der Waals surface area contributed by atoms with Crippen LogP contribution in [0.25, 0.3) is 0 Å². The van der Waals surface area contributed by atoms with Gasteiger partial charge in [0.1, 0.15) is 5.60 Å². The third-order valence-corrected chi connectivity index (χ3v) is 2.02. The first-order valence-corrected chi connectivity index (χ1v) is 4.99. The number of nitrogens with one attached hydrogen (secondary N) is 1. The molecule has 0 aromatic carbocycles. The van der Waals surface area contributed by atoms with Crippen LogP contribution in [0.2, 0.25) is 0 Å². The molecule has 0 aromatic rings. The van der Waals surface area contributed by atoms with Gasteiger partial charge in [0, 0.05) is 6.42 Å². The summed E-state index contributed by atoms with van der Waals surface area (Å²) in [5.41, 5.74) is -0.670. The first-order valence-electron chi connectivity index (χ1n) is 4.99. The molecule has 1 fully saturated rings. The van der Waals surface area contributed by atoms with Crippen molar-refractivity contribution >= 4 is 11.9 Å². The number of ether oxygens (including phenoxy) is 1. The highest BCUT2D eigenvalue weighted by Crippen LogP contribution is 2.48. The summed E-state index contributed by atoms with van der Waals surface area (Å²) in [6.45, 7) is 4.60. The molecule has 1 amide bonds. The van der Waals surface area contributed by atoms with Gasteiger partial charge in [-0.15, -0.1) is 0 Å². The van der Waals surface area contributed by atoms with Gasteiger partial charge in [0.25, 0.3) is 5.92 Å². The maximum Gasteiger partial charge on any atom is 0.408 e. The van der Waals surface area contributed by atoms with Gasteiger partial charge in [-0.2, -0.15) is 0 Å². The first kappa shape index (κ1) is 12.9. The van der Waals surface area contributed by atoms with Crippen LogP contribution in [0.15, 0.2) is 0 Å². The summed E-state index contributed by atoms with van der Waals surface area (Å²) in [6.07, 6.45) is -1.19. The number of carbonyl (C=O) groups is 2. The third kappa shape index (κ3) is 3.75. The summed E-state index contributed by atoms with van der Waals surface area (Å²) in [7, 11) is 0. The number of Topliss-reactive ketones (excluding diaryl/α,β-unsaturated/α-hetero) is 1. The molecule has 0 saturated heterocycles. The minimum Gasteiger partial charge on any atom is -0.444 e. The Bertz CT molecular complexity index is 310. The van der Waals surface area contributed by atoms with Crippen LogP contribution in [0.4, 0.5) is 13.6 Å². The van der Waals surface area contributed by atoms with Crippen LogP contribution in [0, 0.1) is 5.92 Å². The normalized spacial score (nSPS) is 22.4. The molecule has 0 bridgehead atoms. The number of carbonyl (C=O) groups excluding carboxylic acids is 2. The van der Waals surface area contributed by atoms with E-state index in [1.165, 1.54) is 0 Å². The van der Waals surface area contributed by atoms with E-state index in [2.05, 4.69) is 5.32 Å². The average molecular weight is 235 g/mol. The predicted octanol–water partition coefficient (Wildman–Crippen LogP) is 1.74. The van der Waals surface area contributed by atoms with E-state index in [9.17, 15) is 18.4 Å². The van der Waals surface area contributed by atoms with E-state index in [0.717, 1.165) is 0 Å². The molecule has 0 radical (unpaired) electrons. The van der Waals surface area contributed by atoms with Crippen molar-refractivity contribution in [3.63, 3.8) is 0 Å². The molecule has 1 atom stereocenters. The fourth-order valence-electron chi connectivity index (χ4n) is 1.16. The molecule has 16 heavy (non-hydrogen) atoms. The number of alkyl halides is 2. The largest absolute Gasteiger partial charge is 0.444 e. The average Bonchev–Trinajstić information content (AvgIpc) is 2.68. The SMILES string of the molecule is CC(C)(C)OC(=O)NCC(=O)C1CC1(F)F. The molecule has 0 aromatic heterocycles. The van der Waals surface area contributed by atoms with Crippen molar-refractivity contribution in [3.8, 4) is 0 Å². The highest BCUT2D eigenvalue weighted by Gasteiger charge is 2.60. The summed E-state index contributed by atoms with van der Waals surface area (Å²) in [6, 6.07) is 0. The highest BCUT2D eigenvalue weighted by atomic mass is 19.3. The van der Waals surface area contributed by atoms with E-state index >= 15 is 0 Å². The summed E-state index contributed by atoms with van der Waals surface area (Å²) in [5, 5.41) is 2.15. The molecule has 1 aliphatic carbocycles. The fourth-order valence-corrected chi connectivity index (χ4v) is 1.16. The van der Waals surface area contributed by atoms with Crippen LogP contribution in [-0.2, 0) is 9.53 Å². The van der Waals surface area contributed by atoms with Gasteiger partial charge in [-0.25, -0.2) is 13.6 Å². The van der Waals surface area contributed by atoms with E-state index in [0.29, 0.717) is 0 Å². The van der Waals surface area contributed by atoms with E-state index in [1.807, 2.05) is 0 Å². The summed E-state index contributed by atoms with van der Waals surface area (Å²) >= 11 is 0. The standard InChI is InChI=1S/C10H15F2NO3/c1-9(2,3)16-8(15)13-5-7(14)6-4-10(6,11)12/h6H,4-5H2,1-3H3,(H,13,15). The van der Waals surface area contributed by atoms with Gasteiger partial charge < -0.3 is 10.1 Å². The Balaban J connectivity index is 2.25. The van der Waals surface area contributed by atoms with Gasteiger partial charge in [-0.3, -0.25) is 4.79 Å². The lowest BCUT2D eigenvalue weighted by molar-refractivity contribution is -0.121. The molecule has 1 rings (SSSR count).